The number of alkyl halides is 2. The number of ether oxygens (including phenoxy) is 1. The van der Waals surface area contributed by atoms with Crippen LogP contribution in [0.4, 0.5) is 8.78 Å². The van der Waals surface area contributed by atoms with Gasteiger partial charge < -0.3 is 9.84 Å². The zero-order valence-electron chi connectivity index (χ0n) is 10.9. The first-order valence-corrected chi connectivity index (χ1v) is 6.24. The van der Waals surface area contributed by atoms with Crippen LogP contribution < -0.4 is 4.74 Å². The molecule has 1 aliphatic carbocycles. The summed E-state index contributed by atoms with van der Waals surface area (Å²) in [6.45, 7) is 0.391. The summed E-state index contributed by atoms with van der Waals surface area (Å²) in [5.41, 5.74) is 1.56. The molecule has 0 bridgehead atoms. The lowest BCUT2D eigenvalue weighted by Crippen LogP contribution is -2.22. The molecule has 1 atom stereocenters. The Bertz CT molecular complexity index is 623. The summed E-state index contributed by atoms with van der Waals surface area (Å²) in [7, 11) is 1.58. The van der Waals surface area contributed by atoms with Gasteiger partial charge in [0.05, 0.1) is 32.0 Å². The van der Waals surface area contributed by atoms with Crippen molar-refractivity contribution in [1.29, 1.82) is 0 Å². The lowest BCUT2D eigenvalue weighted by Gasteiger charge is -2.13. The average molecular weight is 280 g/mol. The second-order valence-electron chi connectivity index (χ2n) is 4.89. The molecule has 2 aromatic rings. The third-order valence-electron chi connectivity index (χ3n) is 3.57. The van der Waals surface area contributed by atoms with Crippen LogP contribution in [0.5, 0.6) is 5.75 Å². The second-order valence-corrected chi connectivity index (χ2v) is 4.89. The molecule has 1 aromatic heterocycles. The highest BCUT2D eigenvalue weighted by molar-refractivity contribution is 5.32. The Morgan fingerprint density at radius 2 is 2.10 bits per heavy atom. The van der Waals surface area contributed by atoms with Gasteiger partial charge in [0.2, 0.25) is 0 Å². The molecular formula is C14H14F2N2O2. The molecule has 1 aliphatic rings. The molecule has 0 aliphatic heterocycles. The van der Waals surface area contributed by atoms with Gasteiger partial charge in [-0.05, 0) is 17.7 Å². The van der Waals surface area contributed by atoms with Crippen LogP contribution in [0.2, 0.25) is 0 Å². The Morgan fingerprint density at radius 3 is 2.75 bits per heavy atom. The number of benzene rings is 1. The Labute approximate surface area is 114 Å². The summed E-state index contributed by atoms with van der Waals surface area (Å²) in [6.07, 6.45) is -0.897. The van der Waals surface area contributed by atoms with Crippen LogP contribution in [0.25, 0.3) is 0 Å². The lowest BCUT2D eigenvalue weighted by molar-refractivity contribution is -0.0976. The second kappa shape index (κ2) is 4.56. The molecule has 20 heavy (non-hydrogen) atoms. The minimum atomic E-state index is -3.10. The number of hydrogen-bond donors (Lipinski definition) is 1. The molecule has 0 unspecified atom stereocenters. The highest BCUT2D eigenvalue weighted by Crippen LogP contribution is 2.42. The van der Waals surface area contributed by atoms with Crippen molar-refractivity contribution in [3.63, 3.8) is 0 Å². The number of nitrogens with zero attached hydrogens (tertiary/aromatic N) is 2. The quantitative estimate of drug-likeness (QED) is 0.937. The van der Waals surface area contributed by atoms with E-state index in [2.05, 4.69) is 5.10 Å². The van der Waals surface area contributed by atoms with Crippen molar-refractivity contribution in [2.24, 2.45) is 0 Å². The fourth-order valence-electron chi connectivity index (χ4n) is 2.43. The van der Waals surface area contributed by atoms with E-state index >= 15 is 0 Å². The van der Waals surface area contributed by atoms with Crippen LogP contribution in [0, 0.1) is 0 Å². The van der Waals surface area contributed by atoms with Crippen molar-refractivity contribution in [2.75, 3.05) is 7.11 Å². The molecular weight excluding hydrogens is 266 g/mol. The van der Waals surface area contributed by atoms with Gasteiger partial charge in [-0.15, -0.1) is 0 Å². The first-order chi connectivity index (χ1) is 9.51. The van der Waals surface area contributed by atoms with Crippen molar-refractivity contribution in [2.45, 2.75) is 25.0 Å². The van der Waals surface area contributed by atoms with E-state index in [0.29, 0.717) is 12.2 Å². The van der Waals surface area contributed by atoms with Gasteiger partial charge in [0.15, 0.2) is 0 Å². The molecule has 0 spiro atoms. The Hall–Kier alpha value is -1.95. The molecule has 4 nitrogen and oxygen atoms in total. The minimum Gasteiger partial charge on any atom is -0.497 e. The smallest absolute Gasteiger partial charge is 0.283 e. The van der Waals surface area contributed by atoms with E-state index in [9.17, 15) is 13.9 Å². The van der Waals surface area contributed by atoms with Crippen LogP contribution in [0.15, 0.2) is 30.5 Å². The van der Waals surface area contributed by atoms with E-state index in [1.165, 1.54) is 10.9 Å². The van der Waals surface area contributed by atoms with E-state index in [4.69, 9.17) is 4.74 Å². The Morgan fingerprint density at radius 1 is 1.40 bits per heavy atom. The molecule has 106 valence electrons. The van der Waals surface area contributed by atoms with Crippen LogP contribution in [-0.2, 0) is 13.0 Å². The van der Waals surface area contributed by atoms with Gasteiger partial charge in [-0.1, -0.05) is 12.1 Å². The van der Waals surface area contributed by atoms with Gasteiger partial charge in [0.25, 0.3) is 5.92 Å². The monoisotopic (exact) mass is 280 g/mol. The molecule has 1 aromatic carbocycles. The fraction of sp³-hybridized carbons (Fsp3) is 0.357. The van der Waals surface area contributed by atoms with E-state index in [-0.39, 0.29) is 5.56 Å². The SMILES string of the molecule is COc1ccc(Cn2ncc3c2CC(F)(F)[C@H]3O)cc1. The molecule has 0 amide bonds. The number of hydrogen-bond acceptors (Lipinski definition) is 3. The van der Waals surface area contributed by atoms with Crippen molar-refractivity contribution in [3.05, 3.63) is 47.3 Å². The first-order valence-electron chi connectivity index (χ1n) is 6.24. The number of halogens is 2. The number of aliphatic hydroxyl groups excluding tert-OH is 1. The van der Waals surface area contributed by atoms with Gasteiger partial charge in [0.1, 0.15) is 11.9 Å². The maximum Gasteiger partial charge on any atom is 0.283 e. The number of methoxy groups -OCH3 is 1. The van der Waals surface area contributed by atoms with Crippen molar-refractivity contribution < 1.29 is 18.6 Å². The molecule has 0 saturated carbocycles. The molecule has 3 rings (SSSR count). The van der Waals surface area contributed by atoms with Gasteiger partial charge in [-0.25, -0.2) is 8.78 Å². The van der Waals surface area contributed by atoms with E-state index in [1.807, 2.05) is 24.3 Å². The standard InChI is InChI=1S/C14H14F2N2O2/c1-20-10-4-2-9(3-5-10)8-18-12-6-14(15,16)13(19)11(12)7-17-18/h2-5,7,13,19H,6,8H2,1H3/t13-/m0/s1. The molecule has 0 radical (unpaired) electrons. The fourth-order valence-corrected chi connectivity index (χ4v) is 2.43. The van der Waals surface area contributed by atoms with Gasteiger partial charge >= 0.3 is 0 Å². The number of rotatable bonds is 3. The van der Waals surface area contributed by atoms with Gasteiger partial charge in [-0.3, -0.25) is 4.68 Å². The summed E-state index contributed by atoms with van der Waals surface area (Å²) in [5.74, 6) is -2.36. The summed E-state index contributed by atoms with van der Waals surface area (Å²) in [4.78, 5) is 0. The molecule has 0 saturated heterocycles. The van der Waals surface area contributed by atoms with Crippen LogP contribution in [0.1, 0.15) is 22.9 Å². The number of fused-ring (bicyclic) bond motifs is 1. The summed E-state index contributed by atoms with van der Waals surface area (Å²) in [5, 5.41) is 13.6. The zero-order valence-corrected chi connectivity index (χ0v) is 10.9. The van der Waals surface area contributed by atoms with Crippen molar-refractivity contribution >= 4 is 0 Å². The summed E-state index contributed by atoms with van der Waals surface area (Å²) >= 11 is 0. The normalized spacial score (nSPS) is 19.9. The molecule has 6 heteroatoms. The highest BCUT2D eigenvalue weighted by Gasteiger charge is 2.48. The maximum atomic E-state index is 13.5. The predicted molar refractivity (Wildman–Crippen MR) is 67.9 cm³/mol. The molecule has 1 heterocycles. The van der Waals surface area contributed by atoms with Gasteiger partial charge in [0, 0.05) is 5.56 Å². The molecule has 1 N–H and O–H groups in total. The third kappa shape index (κ3) is 2.06. The Balaban J connectivity index is 1.85. The topological polar surface area (TPSA) is 47.3 Å². The van der Waals surface area contributed by atoms with Crippen LogP contribution in [0.3, 0.4) is 0 Å². The predicted octanol–water partition coefficient (Wildman–Crippen LogP) is 2.16. The third-order valence-corrected chi connectivity index (χ3v) is 3.57. The lowest BCUT2D eigenvalue weighted by atomic mass is 10.2. The first kappa shape index (κ1) is 13.1. The zero-order chi connectivity index (χ0) is 14.3. The average Bonchev–Trinajstić information content (AvgIpc) is 2.90. The number of aliphatic hydroxyl groups is 1. The van der Waals surface area contributed by atoms with Crippen molar-refractivity contribution in [1.82, 2.24) is 9.78 Å². The van der Waals surface area contributed by atoms with E-state index in [1.54, 1.807) is 7.11 Å². The number of aromatic nitrogens is 2. The van der Waals surface area contributed by atoms with Crippen LogP contribution >= 0.6 is 0 Å². The highest BCUT2D eigenvalue weighted by atomic mass is 19.3. The van der Waals surface area contributed by atoms with Crippen LogP contribution in [-0.4, -0.2) is 27.9 Å². The maximum absolute atomic E-state index is 13.5. The van der Waals surface area contributed by atoms with E-state index < -0.39 is 18.4 Å². The minimum absolute atomic E-state index is 0.225. The summed E-state index contributed by atoms with van der Waals surface area (Å²) in [6, 6.07) is 7.33. The Kier molecular flexibility index (Phi) is 2.97. The molecule has 0 fully saturated rings. The van der Waals surface area contributed by atoms with Crippen molar-refractivity contribution in [3.8, 4) is 5.75 Å². The van der Waals surface area contributed by atoms with Gasteiger partial charge in [-0.2, -0.15) is 5.10 Å². The summed E-state index contributed by atoms with van der Waals surface area (Å²) < 4.78 is 33.5. The van der Waals surface area contributed by atoms with E-state index in [0.717, 1.165) is 11.3 Å². The largest absolute Gasteiger partial charge is 0.497 e.